The molecule has 11 heavy (non-hydrogen) atoms. The molecule has 0 unspecified atom stereocenters. The van der Waals surface area contributed by atoms with Crippen LogP contribution in [0.3, 0.4) is 0 Å². The van der Waals surface area contributed by atoms with Crippen molar-refractivity contribution in [2.75, 3.05) is 13.7 Å². The first-order valence-corrected chi connectivity index (χ1v) is 3.76. The monoisotopic (exact) mass is 157 g/mol. The highest BCUT2D eigenvalue weighted by Gasteiger charge is 2.49. The first-order valence-electron chi connectivity index (χ1n) is 3.76. The van der Waals surface area contributed by atoms with Crippen molar-refractivity contribution in [1.82, 2.24) is 5.06 Å². The number of carbonyl (C=O) groups is 1. The Hall–Kier alpha value is -0.610. The van der Waals surface area contributed by atoms with Gasteiger partial charge in [0.05, 0.1) is 6.61 Å². The van der Waals surface area contributed by atoms with Crippen LogP contribution in [0.2, 0.25) is 0 Å². The fraction of sp³-hybridized carbons (Fsp3) is 0.857. The standard InChI is InChI=1S/C7H11NO3/c1-4-5-3-10-8(2)6(5)7(9)11-4/h4-6H,3H2,1-2H3/t4-,5+,6+/m1/s1. The van der Waals surface area contributed by atoms with E-state index in [4.69, 9.17) is 9.57 Å². The van der Waals surface area contributed by atoms with Crippen molar-refractivity contribution >= 4 is 5.97 Å². The third kappa shape index (κ3) is 0.862. The molecule has 2 aliphatic rings. The number of esters is 1. The summed E-state index contributed by atoms with van der Waals surface area (Å²) in [5.74, 6) is 0.0787. The first kappa shape index (κ1) is 7.06. The summed E-state index contributed by atoms with van der Waals surface area (Å²) in [4.78, 5) is 16.3. The van der Waals surface area contributed by atoms with Gasteiger partial charge in [0.25, 0.3) is 0 Å². The Bertz CT molecular complexity index is 194. The van der Waals surface area contributed by atoms with Gasteiger partial charge in [-0.15, -0.1) is 0 Å². The van der Waals surface area contributed by atoms with Gasteiger partial charge in [0.15, 0.2) is 0 Å². The molecule has 0 bridgehead atoms. The lowest BCUT2D eigenvalue weighted by molar-refractivity contribution is -0.163. The second kappa shape index (κ2) is 2.19. The summed E-state index contributed by atoms with van der Waals surface area (Å²) in [6.45, 7) is 2.51. The Labute approximate surface area is 65.0 Å². The molecule has 2 rings (SSSR count). The topological polar surface area (TPSA) is 38.8 Å². The molecule has 62 valence electrons. The highest BCUT2D eigenvalue weighted by atomic mass is 16.7. The minimum absolute atomic E-state index is 0.0115. The van der Waals surface area contributed by atoms with E-state index in [0.717, 1.165) is 0 Å². The van der Waals surface area contributed by atoms with Crippen LogP contribution >= 0.6 is 0 Å². The molecule has 3 atom stereocenters. The average molecular weight is 157 g/mol. The lowest BCUT2D eigenvalue weighted by Gasteiger charge is -2.10. The van der Waals surface area contributed by atoms with Crippen molar-refractivity contribution < 1.29 is 14.4 Å². The molecule has 0 aromatic rings. The van der Waals surface area contributed by atoms with Gasteiger partial charge in [0, 0.05) is 13.0 Å². The molecule has 0 N–H and O–H groups in total. The number of rotatable bonds is 0. The molecule has 4 heteroatoms. The minimum Gasteiger partial charge on any atom is -0.461 e. The fourth-order valence-corrected chi connectivity index (χ4v) is 1.70. The largest absolute Gasteiger partial charge is 0.461 e. The Balaban J connectivity index is 2.22. The molecule has 0 amide bonds. The summed E-state index contributed by atoms with van der Waals surface area (Å²) < 4.78 is 5.04. The van der Waals surface area contributed by atoms with Crippen LogP contribution in [0.5, 0.6) is 0 Å². The number of hydrogen-bond donors (Lipinski definition) is 0. The second-order valence-corrected chi connectivity index (χ2v) is 3.09. The molecule has 0 aliphatic carbocycles. The number of hydroxylamine groups is 2. The summed E-state index contributed by atoms with van der Waals surface area (Å²) in [5.41, 5.74) is 0. The number of nitrogens with zero attached hydrogens (tertiary/aromatic N) is 1. The normalized spacial score (nSPS) is 44.2. The summed E-state index contributed by atoms with van der Waals surface area (Å²) in [6.07, 6.45) is 0.0115. The van der Waals surface area contributed by atoms with E-state index in [2.05, 4.69) is 0 Å². The zero-order chi connectivity index (χ0) is 8.01. The van der Waals surface area contributed by atoms with Gasteiger partial charge in [-0.25, -0.2) is 0 Å². The van der Waals surface area contributed by atoms with Gasteiger partial charge in [0.2, 0.25) is 0 Å². The van der Waals surface area contributed by atoms with E-state index in [1.807, 2.05) is 6.92 Å². The third-order valence-electron chi connectivity index (χ3n) is 2.41. The molecule has 2 aliphatic heterocycles. The SMILES string of the molecule is C[C@H]1OC(=O)[C@@H]2[C@H]1CON2C. The highest BCUT2D eigenvalue weighted by Crippen LogP contribution is 2.31. The van der Waals surface area contributed by atoms with E-state index in [9.17, 15) is 4.79 Å². The smallest absolute Gasteiger partial charge is 0.326 e. The fourth-order valence-electron chi connectivity index (χ4n) is 1.70. The molecule has 0 radical (unpaired) electrons. The van der Waals surface area contributed by atoms with Crippen molar-refractivity contribution in [3.05, 3.63) is 0 Å². The third-order valence-corrected chi connectivity index (χ3v) is 2.41. The number of carbonyl (C=O) groups excluding carboxylic acids is 1. The summed E-state index contributed by atoms with van der Waals surface area (Å²) in [7, 11) is 1.77. The molecular weight excluding hydrogens is 146 g/mol. The molecule has 2 saturated heterocycles. The van der Waals surface area contributed by atoms with Crippen molar-refractivity contribution in [3.8, 4) is 0 Å². The number of hydrogen-bond acceptors (Lipinski definition) is 4. The van der Waals surface area contributed by atoms with Crippen molar-refractivity contribution in [2.45, 2.75) is 19.1 Å². The molecule has 2 fully saturated rings. The average Bonchev–Trinajstić information content (AvgIpc) is 2.41. The van der Waals surface area contributed by atoms with Gasteiger partial charge in [-0.3, -0.25) is 9.63 Å². The van der Waals surface area contributed by atoms with E-state index in [-0.39, 0.29) is 24.0 Å². The summed E-state index contributed by atoms with van der Waals surface area (Å²) in [5, 5.41) is 1.59. The van der Waals surface area contributed by atoms with Gasteiger partial charge < -0.3 is 4.74 Å². The van der Waals surface area contributed by atoms with Crippen LogP contribution in [-0.2, 0) is 14.4 Å². The zero-order valence-corrected chi connectivity index (χ0v) is 6.61. The Morgan fingerprint density at radius 2 is 2.36 bits per heavy atom. The number of likely N-dealkylation sites (N-methyl/N-ethyl adjacent to an activating group) is 1. The van der Waals surface area contributed by atoms with Gasteiger partial charge >= 0.3 is 5.97 Å². The van der Waals surface area contributed by atoms with Crippen molar-refractivity contribution in [2.24, 2.45) is 5.92 Å². The predicted octanol–water partition coefficient (Wildman–Crippen LogP) is -0.207. The molecular formula is C7H11NO3. The lowest BCUT2D eigenvalue weighted by atomic mass is 10.0. The minimum atomic E-state index is -0.162. The predicted molar refractivity (Wildman–Crippen MR) is 36.5 cm³/mol. The Morgan fingerprint density at radius 3 is 3.00 bits per heavy atom. The molecule has 0 spiro atoms. The lowest BCUT2D eigenvalue weighted by Crippen LogP contribution is -2.32. The number of cyclic esters (lactones) is 1. The van der Waals surface area contributed by atoms with E-state index in [1.54, 1.807) is 12.1 Å². The van der Waals surface area contributed by atoms with Crippen molar-refractivity contribution in [3.63, 3.8) is 0 Å². The quantitative estimate of drug-likeness (QED) is 0.456. The highest BCUT2D eigenvalue weighted by molar-refractivity contribution is 5.78. The van der Waals surface area contributed by atoms with Crippen LogP contribution in [-0.4, -0.2) is 36.8 Å². The molecule has 0 saturated carbocycles. The van der Waals surface area contributed by atoms with Crippen LogP contribution in [0.4, 0.5) is 0 Å². The van der Waals surface area contributed by atoms with Crippen LogP contribution in [0, 0.1) is 5.92 Å². The second-order valence-electron chi connectivity index (χ2n) is 3.09. The van der Waals surface area contributed by atoms with Gasteiger partial charge in [-0.2, -0.15) is 5.06 Å². The first-order chi connectivity index (χ1) is 5.20. The summed E-state index contributed by atoms with van der Waals surface area (Å²) >= 11 is 0. The van der Waals surface area contributed by atoms with Gasteiger partial charge in [0.1, 0.15) is 12.1 Å². The maximum Gasteiger partial charge on any atom is 0.326 e. The molecule has 2 heterocycles. The maximum atomic E-state index is 11.1. The van der Waals surface area contributed by atoms with E-state index in [1.165, 1.54) is 0 Å². The molecule has 0 aromatic carbocycles. The van der Waals surface area contributed by atoms with E-state index >= 15 is 0 Å². The number of fused-ring (bicyclic) bond motifs is 1. The Morgan fingerprint density at radius 1 is 1.64 bits per heavy atom. The van der Waals surface area contributed by atoms with Crippen LogP contribution < -0.4 is 0 Å². The van der Waals surface area contributed by atoms with E-state index in [0.29, 0.717) is 6.61 Å². The molecule has 4 nitrogen and oxygen atoms in total. The van der Waals surface area contributed by atoms with Gasteiger partial charge in [-0.1, -0.05) is 0 Å². The summed E-state index contributed by atoms with van der Waals surface area (Å²) in [6, 6.07) is -0.162. The molecule has 0 aromatic heterocycles. The van der Waals surface area contributed by atoms with Crippen molar-refractivity contribution in [1.29, 1.82) is 0 Å². The van der Waals surface area contributed by atoms with Crippen LogP contribution in [0.15, 0.2) is 0 Å². The maximum absolute atomic E-state index is 11.1. The van der Waals surface area contributed by atoms with Gasteiger partial charge in [-0.05, 0) is 6.92 Å². The van der Waals surface area contributed by atoms with Crippen LogP contribution in [0.1, 0.15) is 6.92 Å². The number of ether oxygens (including phenoxy) is 1. The van der Waals surface area contributed by atoms with E-state index < -0.39 is 0 Å². The zero-order valence-electron chi connectivity index (χ0n) is 6.61. The Kier molecular flexibility index (Phi) is 1.40. The van der Waals surface area contributed by atoms with Crippen LogP contribution in [0.25, 0.3) is 0 Å².